The number of benzene rings is 2. The Balaban J connectivity index is 1.93. The second-order valence-corrected chi connectivity index (χ2v) is 11.9. The molecule has 2 aromatic heterocycles. The topological polar surface area (TPSA) is 177 Å². The van der Waals surface area contributed by atoms with Gasteiger partial charge in [0.05, 0.1) is 41.6 Å². The number of fused-ring (bicyclic) bond motifs is 2. The lowest BCUT2D eigenvalue weighted by atomic mass is 10.2. The molecule has 182 valence electrons. The van der Waals surface area contributed by atoms with Gasteiger partial charge < -0.3 is 0 Å². The lowest BCUT2D eigenvalue weighted by molar-refractivity contribution is 0.481. The molecular weight excluding hydrogens is 528 g/mol. The maximum atomic E-state index is 12.4. The van der Waals surface area contributed by atoms with E-state index in [1.807, 2.05) is 0 Å². The molecular formula is C18H18N4O8S4. The van der Waals surface area contributed by atoms with Crippen LogP contribution in [0.2, 0.25) is 0 Å². The molecule has 0 saturated heterocycles. The van der Waals surface area contributed by atoms with Gasteiger partial charge in [-0.25, -0.2) is 0 Å². The van der Waals surface area contributed by atoms with Crippen molar-refractivity contribution >= 4 is 74.7 Å². The van der Waals surface area contributed by atoms with Crippen LogP contribution in [0.4, 0.5) is 11.4 Å². The molecule has 0 aliphatic heterocycles. The minimum absolute atomic E-state index is 0.108. The number of anilines is 2. The predicted molar refractivity (Wildman–Crippen MR) is 130 cm³/mol. The zero-order valence-electron chi connectivity index (χ0n) is 17.6. The monoisotopic (exact) mass is 546 g/mol. The fourth-order valence-corrected chi connectivity index (χ4v) is 6.82. The summed E-state index contributed by atoms with van der Waals surface area (Å²) in [4.78, 5) is 23.1. The number of nitrogens with zero attached hydrogens (tertiary/aromatic N) is 2. The molecule has 0 aliphatic rings. The summed E-state index contributed by atoms with van der Waals surface area (Å²) in [5, 5.41) is 0. The van der Waals surface area contributed by atoms with Gasteiger partial charge in [0.15, 0.2) is 0 Å². The Morgan fingerprint density at radius 1 is 0.735 bits per heavy atom. The molecule has 0 atom stereocenters. The maximum absolute atomic E-state index is 12.4. The van der Waals surface area contributed by atoms with Crippen molar-refractivity contribution < 1.29 is 25.9 Å². The third-order valence-electron chi connectivity index (χ3n) is 5.03. The van der Waals surface area contributed by atoms with Crippen LogP contribution in [-0.2, 0) is 33.3 Å². The predicted octanol–water partition coefficient (Wildman–Crippen LogP) is 2.41. The van der Waals surface area contributed by atoms with Crippen molar-refractivity contribution in [2.24, 2.45) is 0 Å². The van der Waals surface area contributed by atoms with Crippen molar-refractivity contribution in [3.8, 4) is 0 Å². The van der Waals surface area contributed by atoms with Crippen LogP contribution in [-0.4, -0.2) is 35.1 Å². The average molecular weight is 547 g/mol. The van der Waals surface area contributed by atoms with E-state index < -0.39 is 30.0 Å². The van der Waals surface area contributed by atoms with Gasteiger partial charge in [-0.15, -0.1) is 0 Å². The lowest BCUT2D eigenvalue weighted by Crippen LogP contribution is -2.17. The summed E-state index contributed by atoms with van der Waals surface area (Å²) >= 11 is 1.59. The van der Waals surface area contributed by atoms with Gasteiger partial charge in [0.1, 0.15) is 0 Å². The van der Waals surface area contributed by atoms with Crippen molar-refractivity contribution in [3.05, 3.63) is 43.6 Å². The van der Waals surface area contributed by atoms with Gasteiger partial charge >= 0.3 is 9.75 Å². The Hall–Kier alpha value is -2.76. The minimum Gasteiger partial charge on any atom is -0.299 e. The van der Waals surface area contributed by atoms with E-state index in [0.29, 0.717) is 20.4 Å². The molecule has 4 aromatic rings. The van der Waals surface area contributed by atoms with E-state index in [1.54, 1.807) is 13.8 Å². The SMILES string of the molecule is CCn1c(=O)sc2cc(S(=O)(=O)O)cc(NNc3cc(S(=O)(=O)O)cc4sc(=O)n(CC)c34)c21. The van der Waals surface area contributed by atoms with Crippen LogP contribution in [0.15, 0.2) is 43.6 Å². The van der Waals surface area contributed by atoms with E-state index in [9.17, 15) is 35.5 Å². The highest BCUT2D eigenvalue weighted by atomic mass is 32.2. The molecule has 0 amide bonds. The Morgan fingerprint density at radius 2 is 1.09 bits per heavy atom. The first kappa shape index (κ1) is 24.4. The quantitative estimate of drug-likeness (QED) is 0.199. The van der Waals surface area contributed by atoms with Crippen molar-refractivity contribution in [2.45, 2.75) is 36.7 Å². The number of hydrogen-bond donors (Lipinski definition) is 4. The summed E-state index contributed by atoms with van der Waals surface area (Å²) in [6, 6.07) is 4.60. The smallest absolute Gasteiger partial charge is 0.299 e. The van der Waals surface area contributed by atoms with Crippen LogP contribution in [0.25, 0.3) is 20.4 Å². The summed E-state index contributed by atoms with van der Waals surface area (Å²) in [6.07, 6.45) is 0. The minimum atomic E-state index is -4.61. The third-order valence-corrected chi connectivity index (χ3v) is 8.55. The van der Waals surface area contributed by atoms with E-state index in [0.717, 1.165) is 34.8 Å². The largest absolute Gasteiger partial charge is 0.308 e. The molecule has 16 heteroatoms. The molecule has 34 heavy (non-hydrogen) atoms. The van der Waals surface area contributed by atoms with Gasteiger partial charge in [-0.3, -0.25) is 38.7 Å². The number of aryl methyl sites for hydroxylation is 2. The molecule has 12 nitrogen and oxygen atoms in total. The molecule has 0 aliphatic carbocycles. The van der Waals surface area contributed by atoms with Crippen LogP contribution in [0.1, 0.15) is 13.8 Å². The van der Waals surface area contributed by atoms with Crippen molar-refractivity contribution in [1.29, 1.82) is 0 Å². The first-order valence-corrected chi connectivity index (χ1v) is 14.2. The highest BCUT2D eigenvalue weighted by Gasteiger charge is 2.21. The highest BCUT2D eigenvalue weighted by molar-refractivity contribution is 7.86. The Kier molecular flexibility index (Phi) is 6.07. The van der Waals surface area contributed by atoms with Crippen molar-refractivity contribution in [3.63, 3.8) is 0 Å². The number of rotatable bonds is 7. The molecule has 4 rings (SSSR count). The summed E-state index contributed by atoms with van der Waals surface area (Å²) in [7, 11) is -9.21. The molecule has 0 spiro atoms. The van der Waals surface area contributed by atoms with Crippen LogP contribution in [0.5, 0.6) is 0 Å². The van der Waals surface area contributed by atoms with E-state index in [1.165, 1.54) is 21.3 Å². The Labute approximate surface area is 200 Å². The van der Waals surface area contributed by atoms with Crippen molar-refractivity contribution in [1.82, 2.24) is 9.13 Å². The zero-order chi connectivity index (χ0) is 25.0. The average Bonchev–Trinajstić information content (AvgIpc) is 3.24. The van der Waals surface area contributed by atoms with E-state index in [2.05, 4.69) is 10.9 Å². The molecule has 0 unspecified atom stereocenters. The third kappa shape index (κ3) is 4.23. The number of hydrazine groups is 1. The molecule has 0 saturated carbocycles. The fourth-order valence-electron chi connectivity index (χ4n) is 3.56. The second kappa shape index (κ2) is 8.47. The summed E-state index contributed by atoms with van der Waals surface area (Å²) in [5.41, 5.74) is 6.47. The van der Waals surface area contributed by atoms with Crippen LogP contribution >= 0.6 is 22.7 Å². The molecule has 0 fully saturated rings. The number of hydrogen-bond acceptors (Lipinski definition) is 10. The van der Waals surface area contributed by atoms with E-state index >= 15 is 0 Å². The standard InChI is InChI=1S/C18H18N4O8S4/c1-3-21-15-11(5-9(33(25,26)27)7-13(15)31-17(21)23)19-20-12-6-10(34(28,29)30)8-14-16(12)22(4-2)18(24)32-14/h5-8,19-20H,3-4H2,1-2H3,(H,25,26,27)(H,28,29,30). The first-order chi connectivity index (χ1) is 15.8. The van der Waals surface area contributed by atoms with Crippen molar-refractivity contribution in [2.75, 3.05) is 10.9 Å². The lowest BCUT2D eigenvalue weighted by Gasteiger charge is -2.15. The molecule has 4 N–H and O–H groups in total. The second-order valence-electron chi connectivity index (χ2n) is 7.06. The van der Waals surface area contributed by atoms with Crippen LogP contribution < -0.4 is 20.6 Å². The van der Waals surface area contributed by atoms with Gasteiger partial charge in [0, 0.05) is 13.1 Å². The van der Waals surface area contributed by atoms with E-state index in [4.69, 9.17) is 0 Å². The molecule has 0 radical (unpaired) electrons. The highest BCUT2D eigenvalue weighted by Crippen LogP contribution is 2.33. The van der Waals surface area contributed by atoms with Gasteiger partial charge in [0.25, 0.3) is 20.2 Å². The van der Waals surface area contributed by atoms with Gasteiger partial charge in [-0.05, 0) is 38.1 Å². The van der Waals surface area contributed by atoms with Gasteiger partial charge in [-0.1, -0.05) is 22.7 Å². The Bertz CT molecular complexity index is 1650. The summed E-state index contributed by atoms with van der Waals surface area (Å²) in [5.74, 6) is 0. The zero-order valence-corrected chi connectivity index (χ0v) is 20.9. The Morgan fingerprint density at radius 3 is 1.38 bits per heavy atom. The molecule has 0 bridgehead atoms. The number of aromatic nitrogens is 2. The maximum Gasteiger partial charge on any atom is 0.308 e. The fraction of sp³-hybridized carbons (Fsp3) is 0.222. The molecule has 2 aromatic carbocycles. The van der Waals surface area contributed by atoms with Gasteiger partial charge in [-0.2, -0.15) is 16.8 Å². The van der Waals surface area contributed by atoms with E-state index in [-0.39, 0.29) is 34.2 Å². The van der Waals surface area contributed by atoms with Crippen LogP contribution in [0, 0.1) is 0 Å². The summed E-state index contributed by atoms with van der Waals surface area (Å²) < 4.78 is 69.6. The van der Waals surface area contributed by atoms with Gasteiger partial charge in [0.2, 0.25) is 0 Å². The number of nitrogens with one attached hydrogen (secondary N) is 2. The van der Waals surface area contributed by atoms with Crippen LogP contribution in [0.3, 0.4) is 0 Å². The molecule has 2 heterocycles. The first-order valence-electron chi connectivity index (χ1n) is 9.67. The number of thiazole rings is 2. The normalized spacial score (nSPS) is 12.5. The summed E-state index contributed by atoms with van der Waals surface area (Å²) in [6.45, 7) is 4.01.